The third-order valence-electron chi connectivity index (χ3n) is 3.71. The van der Waals surface area contributed by atoms with Crippen LogP contribution in [-0.4, -0.2) is 10.9 Å². The zero-order chi connectivity index (χ0) is 16.1. The number of halogens is 2. The fourth-order valence-electron chi connectivity index (χ4n) is 2.45. The SMILES string of the molecule is CCC(CC)C(NC(=O)c1cc(Br)cnc1Cl)c1cccs1. The van der Waals surface area contributed by atoms with Gasteiger partial charge in [0.15, 0.2) is 0 Å². The molecular formula is C16H18BrClN2OS. The van der Waals surface area contributed by atoms with Crippen molar-refractivity contribution >= 4 is 44.8 Å². The molecule has 0 saturated carbocycles. The smallest absolute Gasteiger partial charge is 0.254 e. The van der Waals surface area contributed by atoms with Gasteiger partial charge in [-0.15, -0.1) is 11.3 Å². The Labute approximate surface area is 148 Å². The van der Waals surface area contributed by atoms with Crippen molar-refractivity contribution in [3.05, 3.63) is 49.8 Å². The van der Waals surface area contributed by atoms with E-state index in [9.17, 15) is 4.79 Å². The summed E-state index contributed by atoms with van der Waals surface area (Å²) in [7, 11) is 0. The van der Waals surface area contributed by atoms with Gasteiger partial charge in [-0.2, -0.15) is 0 Å². The van der Waals surface area contributed by atoms with E-state index in [0.29, 0.717) is 11.5 Å². The van der Waals surface area contributed by atoms with Crippen molar-refractivity contribution in [1.29, 1.82) is 0 Å². The van der Waals surface area contributed by atoms with Crippen LogP contribution in [0, 0.1) is 5.92 Å². The summed E-state index contributed by atoms with van der Waals surface area (Å²) in [6.07, 6.45) is 3.59. The summed E-state index contributed by atoms with van der Waals surface area (Å²) in [6.45, 7) is 4.29. The van der Waals surface area contributed by atoms with Gasteiger partial charge >= 0.3 is 0 Å². The van der Waals surface area contributed by atoms with E-state index >= 15 is 0 Å². The van der Waals surface area contributed by atoms with Crippen LogP contribution >= 0.6 is 38.9 Å². The van der Waals surface area contributed by atoms with E-state index < -0.39 is 0 Å². The maximum absolute atomic E-state index is 12.6. The number of hydrogen-bond acceptors (Lipinski definition) is 3. The molecule has 0 spiro atoms. The molecule has 2 aromatic heterocycles. The number of hydrogen-bond donors (Lipinski definition) is 1. The predicted molar refractivity (Wildman–Crippen MR) is 95.5 cm³/mol. The van der Waals surface area contributed by atoms with Crippen LogP contribution in [0.2, 0.25) is 5.15 Å². The highest BCUT2D eigenvalue weighted by atomic mass is 79.9. The molecule has 1 N–H and O–H groups in total. The third-order valence-corrected chi connectivity index (χ3v) is 5.40. The second kappa shape index (κ2) is 8.09. The van der Waals surface area contributed by atoms with Gasteiger partial charge in [0.2, 0.25) is 0 Å². The molecule has 2 rings (SSSR count). The number of thiophene rings is 1. The lowest BCUT2D eigenvalue weighted by Gasteiger charge is -2.25. The second-order valence-corrected chi connectivity index (χ2v) is 7.29. The van der Waals surface area contributed by atoms with Gasteiger partial charge in [0.1, 0.15) is 5.15 Å². The molecule has 0 radical (unpaired) electrons. The zero-order valence-corrected chi connectivity index (χ0v) is 15.6. The standard InChI is InChI=1S/C16H18BrClN2OS/c1-3-10(4-2)14(13-6-5-7-22-13)20-16(21)12-8-11(17)9-19-15(12)18/h5-10,14H,3-4H2,1-2H3,(H,20,21). The maximum Gasteiger partial charge on any atom is 0.254 e. The Hall–Kier alpha value is -0.910. The largest absolute Gasteiger partial charge is 0.344 e. The number of rotatable bonds is 6. The Morgan fingerprint density at radius 3 is 2.77 bits per heavy atom. The van der Waals surface area contributed by atoms with Crippen molar-refractivity contribution in [1.82, 2.24) is 10.3 Å². The van der Waals surface area contributed by atoms with E-state index in [4.69, 9.17) is 11.6 Å². The van der Waals surface area contributed by atoms with Crippen LogP contribution in [0.1, 0.15) is 48.0 Å². The number of nitrogens with zero attached hydrogens (tertiary/aromatic N) is 1. The van der Waals surface area contributed by atoms with Crippen LogP contribution in [0.5, 0.6) is 0 Å². The summed E-state index contributed by atoms with van der Waals surface area (Å²) in [5.41, 5.74) is 0.392. The van der Waals surface area contributed by atoms with Crippen molar-refractivity contribution in [2.24, 2.45) is 5.92 Å². The molecule has 0 aromatic carbocycles. The van der Waals surface area contributed by atoms with E-state index in [1.165, 1.54) is 4.88 Å². The first-order valence-electron chi connectivity index (χ1n) is 7.22. The van der Waals surface area contributed by atoms with Crippen LogP contribution < -0.4 is 5.32 Å². The highest BCUT2D eigenvalue weighted by molar-refractivity contribution is 9.10. The highest BCUT2D eigenvalue weighted by Gasteiger charge is 2.25. The maximum atomic E-state index is 12.6. The van der Waals surface area contributed by atoms with Crippen molar-refractivity contribution in [2.45, 2.75) is 32.7 Å². The summed E-state index contributed by atoms with van der Waals surface area (Å²) in [5, 5.41) is 5.38. The molecule has 118 valence electrons. The Kier molecular flexibility index (Phi) is 6.41. The summed E-state index contributed by atoms with van der Waals surface area (Å²) in [5.74, 6) is 0.200. The average Bonchev–Trinajstić information content (AvgIpc) is 3.03. The molecule has 0 aliphatic heterocycles. The molecule has 3 nitrogen and oxygen atoms in total. The van der Waals surface area contributed by atoms with Gasteiger partial charge in [0, 0.05) is 15.5 Å². The fraction of sp³-hybridized carbons (Fsp3) is 0.375. The van der Waals surface area contributed by atoms with Crippen molar-refractivity contribution in [3.63, 3.8) is 0 Å². The number of nitrogens with one attached hydrogen (secondary N) is 1. The number of pyridine rings is 1. The first-order chi connectivity index (χ1) is 10.6. The molecule has 0 aliphatic carbocycles. The summed E-state index contributed by atoms with van der Waals surface area (Å²) in [6, 6.07) is 5.77. The molecule has 0 saturated heterocycles. The minimum atomic E-state index is -0.191. The lowest BCUT2D eigenvalue weighted by Crippen LogP contribution is -2.33. The second-order valence-electron chi connectivity index (χ2n) is 5.04. The topological polar surface area (TPSA) is 42.0 Å². The Bertz CT molecular complexity index is 629. The Morgan fingerprint density at radius 1 is 1.45 bits per heavy atom. The molecule has 1 unspecified atom stereocenters. The van der Waals surface area contributed by atoms with Crippen molar-refractivity contribution in [2.75, 3.05) is 0 Å². The third kappa shape index (κ3) is 4.09. The minimum Gasteiger partial charge on any atom is -0.344 e. The van der Waals surface area contributed by atoms with Gasteiger partial charge < -0.3 is 5.32 Å². The van der Waals surface area contributed by atoms with Crippen LogP contribution in [0.4, 0.5) is 0 Å². The molecule has 1 atom stereocenters. The number of amides is 1. The lowest BCUT2D eigenvalue weighted by atomic mass is 9.92. The normalized spacial score (nSPS) is 12.4. The fourth-order valence-corrected chi connectivity index (χ4v) is 3.84. The lowest BCUT2D eigenvalue weighted by molar-refractivity contribution is 0.0920. The molecule has 0 aliphatic rings. The van der Waals surface area contributed by atoms with Gasteiger partial charge in [-0.25, -0.2) is 4.98 Å². The molecule has 2 heterocycles. The molecule has 0 bridgehead atoms. The first kappa shape index (κ1) is 17.4. The van der Waals surface area contributed by atoms with Gasteiger partial charge in [-0.05, 0) is 39.4 Å². The molecule has 22 heavy (non-hydrogen) atoms. The number of aromatic nitrogens is 1. The quantitative estimate of drug-likeness (QED) is 0.652. The van der Waals surface area contributed by atoms with Crippen LogP contribution in [-0.2, 0) is 0 Å². The molecule has 6 heteroatoms. The summed E-state index contributed by atoms with van der Waals surface area (Å²) < 4.78 is 0.734. The van der Waals surface area contributed by atoms with E-state index in [2.05, 4.69) is 46.1 Å². The number of carbonyl (C=O) groups is 1. The zero-order valence-electron chi connectivity index (χ0n) is 12.5. The minimum absolute atomic E-state index is 0.00227. The van der Waals surface area contributed by atoms with Crippen LogP contribution in [0.3, 0.4) is 0 Å². The van der Waals surface area contributed by atoms with Crippen molar-refractivity contribution in [3.8, 4) is 0 Å². The number of carbonyl (C=O) groups excluding carboxylic acids is 1. The van der Waals surface area contributed by atoms with Crippen molar-refractivity contribution < 1.29 is 4.79 Å². The Morgan fingerprint density at radius 2 is 2.18 bits per heavy atom. The van der Waals surface area contributed by atoms with Crippen LogP contribution in [0.25, 0.3) is 0 Å². The van der Waals surface area contributed by atoms with E-state index in [1.807, 2.05) is 11.4 Å². The van der Waals surface area contributed by atoms with Gasteiger partial charge in [-0.1, -0.05) is 44.4 Å². The monoisotopic (exact) mass is 400 g/mol. The summed E-state index contributed by atoms with van der Waals surface area (Å²) >= 11 is 11.0. The van der Waals surface area contributed by atoms with E-state index in [1.54, 1.807) is 23.6 Å². The van der Waals surface area contributed by atoms with E-state index in [0.717, 1.165) is 17.3 Å². The molecule has 0 fully saturated rings. The van der Waals surface area contributed by atoms with Gasteiger partial charge in [-0.3, -0.25) is 4.79 Å². The molecular weight excluding hydrogens is 384 g/mol. The predicted octanol–water partition coefficient (Wildman–Crippen LogP) is 5.47. The first-order valence-corrected chi connectivity index (χ1v) is 9.27. The average molecular weight is 402 g/mol. The van der Waals surface area contributed by atoms with E-state index in [-0.39, 0.29) is 17.1 Å². The summed E-state index contributed by atoms with van der Waals surface area (Å²) in [4.78, 5) is 17.8. The van der Waals surface area contributed by atoms with Crippen LogP contribution in [0.15, 0.2) is 34.2 Å². The Balaban J connectivity index is 2.27. The molecule has 2 aromatic rings. The van der Waals surface area contributed by atoms with Gasteiger partial charge in [0.25, 0.3) is 5.91 Å². The van der Waals surface area contributed by atoms with Gasteiger partial charge in [0.05, 0.1) is 11.6 Å². The highest BCUT2D eigenvalue weighted by Crippen LogP contribution is 2.31. The molecule has 1 amide bonds.